The average molecular weight is 366 g/mol. The highest BCUT2D eigenvalue weighted by molar-refractivity contribution is 7.89. The Hall–Kier alpha value is -2.45. The Morgan fingerprint density at radius 2 is 1.92 bits per heavy atom. The van der Waals surface area contributed by atoms with Crippen LogP contribution in [-0.4, -0.2) is 21.4 Å². The first kappa shape index (κ1) is 18.9. The molecule has 1 atom stereocenters. The van der Waals surface area contributed by atoms with Crippen LogP contribution in [0.4, 0.5) is 4.39 Å². The van der Waals surface area contributed by atoms with Crippen LogP contribution < -0.4 is 15.2 Å². The number of hydrogen-bond donors (Lipinski definition) is 2. The molecule has 6 nitrogen and oxygen atoms in total. The molecule has 0 fully saturated rings. The molecule has 0 radical (unpaired) electrons. The minimum Gasteiger partial charge on any atom is -0.494 e. The second-order valence-electron chi connectivity index (χ2n) is 5.61. The molecule has 0 bridgehead atoms. The lowest BCUT2D eigenvalue weighted by Gasteiger charge is -2.16. The summed E-state index contributed by atoms with van der Waals surface area (Å²) in [4.78, 5) is 12.3. The van der Waals surface area contributed by atoms with Gasteiger partial charge in [0.05, 0.1) is 18.0 Å². The van der Waals surface area contributed by atoms with Crippen molar-refractivity contribution in [3.05, 3.63) is 58.9 Å². The van der Waals surface area contributed by atoms with Crippen molar-refractivity contribution in [1.29, 1.82) is 0 Å². The van der Waals surface area contributed by atoms with Crippen molar-refractivity contribution in [1.82, 2.24) is 5.32 Å². The van der Waals surface area contributed by atoms with Crippen molar-refractivity contribution in [3.63, 3.8) is 0 Å². The summed E-state index contributed by atoms with van der Waals surface area (Å²) in [7, 11) is -2.56. The van der Waals surface area contributed by atoms with E-state index in [1.165, 1.54) is 37.4 Å². The van der Waals surface area contributed by atoms with Crippen LogP contribution in [0.15, 0.2) is 41.3 Å². The summed E-state index contributed by atoms with van der Waals surface area (Å²) in [5.74, 6) is -0.917. The maximum absolute atomic E-state index is 13.8. The number of primary sulfonamides is 1. The molecular formula is C17H19FN2O4S. The maximum Gasteiger partial charge on any atom is 0.251 e. The van der Waals surface area contributed by atoms with E-state index in [4.69, 9.17) is 9.88 Å². The largest absolute Gasteiger partial charge is 0.494 e. The number of methoxy groups -OCH3 is 1. The molecule has 0 aliphatic carbocycles. The normalized spacial score (nSPS) is 12.5. The third-order valence-corrected chi connectivity index (χ3v) is 4.83. The van der Waals surface area contributed by atoms with Gasteiger partial charge in [-0.25, -0.2) is 17.9 Å². The molecule has 8 heteroatoms. The molecule has 0 saturated heterocycles. The Bertz CT molecular complexity index is 913. The smallest absolute Gasteiger partial charge is 0.251 e. The van der Waals surface area contributed by atoms with Gasteiger partial charge < -0.3 is 10.1 Å². The van der Waals surface area contributed by atoms with Crippen LogP contribution in [0.1, 0.15) is 34.5 Å². The number of sulfonamides is 1. The van der Waals surface area contributed by atoms with E-state index in [1.807, 2.05) is 0 Å². The first-order chi connectivity index (χ1) is 11.6. The van der Waals surface area contributed by atoms with Crippen molar-refractivity contribution in [2.24, 2.45) is 5.14 Å². The average Bonchev–Trinajstić information content (AvgIpc) is 2.53. The zero-order valence-electron chi connectivity index (χ0n) is 14.0. The summed E-state index contributed by atoms with van der Waals surface area (Å²) in [5, 5.41) is 7.84. The summed E-state index contributed by atoms with van der Waals surface area (Å²) < 4.78 is 41.8. The van der Waals surface area contributed by atoms with E-state index in [2.05, 4.69) is 5.32 Å². The van der Waals surface area contributed by atoms with Gasteiger partial charge >= 0.3 is 0 Å². The predicted molar refractivity (Wildman–Crippen MR) is 91.4 cm³/mol. The number of nitrogens with one attached hydrogen (secondary N) is 1. The molecule has 0 heterocycles. The molecule has 0 unspecified atom stereocenters. The molecule has 0 aliphatic heterocycles. The van der Waals surface area contributed by atoms with Gasteiger partial charge in [0.1, 0.15) is 0 Å². The molecule has 25 heavy (non-hydrogen) atoms. The number of hydrogen-bond acceptors (Lipinski definition) is 4. The van der Waals surface area contributed by atoms with Crippen LogP contribution >= 0.6 is 0 Å². The van der Waals surface area contributed by atoms with E-state index in [0.29, 0.717) is 11.1 Å². The molecule has 2 rings (SSSR count). The van der Waals surface area contributed by atoms with E-state index in [9.17, 15) is 17.6 Å². The molecule has 2 aromatic carbocycles. The molecule has 1 amide bonds. The number of carbonyl (C=O) groups excluding carboxylic acids is 1. The SMILES string of the molecule is COc1ccc([C@H](C)NC(=O)c2ccc(C)c(S(N)(=O)=O)c2)cc1F. The molecule has 3 N–H and O–H groups in total. The Labute approximate surface area is 145 Å². The summed E-state index contributed by atoms with van der Waals surface area (Å²) >= 11 is 0. The highest BCUT2D eigenvalue weighted by Crippen LogP contribution is 2.22. The van der Waals surface area contributed by atoms with Gasteiger partial charge in [0.2, 0.25) is 10.0 Å². The first-order valence-electron chi connectivity index (χ1n) is 7.41. The number of halogens is 1. The van der Waals surface area contributed by atoms with Gasteiger partial charge in [-0.2, -0.15) is 0 Å². The molecule has 0 saturated carbocycles. The number of ether oxygens (including phenoxy) is 1. The summed E-state index contributed by atoms with van der Waals surface area (Å²) in [6.07, 6.45) is 0. The van der Waals surface area contributed by atoms with Crippen molar-refractivity contribution < 1.29 is 22.3 Å². The van der Waals surface area contributed by atoms with Crippen molar-refractivity contribution in [2.75, 3.05) is 7.11 Å². The lowest BCUT2D eigenvalue weighted by atomic mass is 10.1. The Morgan fingerprint density at radius 3 is 2.48 bits per heavy atom. The maximum atomic E-state index is 13.8. The lowest BCUT2D eigenvalue weighted by molar-refractivity contribution is 0.0939. The third kappa shape index (κ3) is 4.34. The lowest BCUT2D eigenvalue weighted by Crippen LogP contribution is -2.27. The minimum absolute atomic E-state index is 0.108. The van der Waals surface area contributed by atoms with E-state index in [0.717, 1.165) is 0 Å². The number of aryl methyl sites for hydroxylation is 1. The summed E-state index contributed by atoms with van der Waals surface area (Å²) in [5.41, 5.74) is 1.14. The van der Waals surface area contributed by atoms with Gasteiger partial charge in [-0.15, -0.1) is 0 Å². The number of nitrogens with two attached hydrogens (primary N) is 1. The second kappa shape index (κ2) is 7.20. The molecule has 134 valence electrons. The van der Waals surface area contributed by atoms with Gasteiger partial charge in [-0.3, -0.25) is 4.79 Å². The van der Waals surface area contributed by atoms with Crippen molar-refractivity contribution >= 4 is 15.9 Å². The third-order valence-electron chi connectivity index (χ3n) is 3.78. The monoisotopic (exact) mass is 366 g/mol. The van der Waals surface area contributed by atoms with Gasteiger partial charge in [0, 0.05) is 5.56 Å². The standard InChI is InChI=1S/C17H19FN2O4S/c1-10-4-5-13(9-16(10)25(19,22)23)17(21)20-11(2)12-6-7-15(24-3)14(18)8-12/h4-9,11H,1-3H3,(H,20,21)(H2,19,22,23)/t11-/m0/s1. The molecule has 0 aromatic heterocycles. The van der Waals surface area contributed by atoms with Crippen LogP contribution in [-0.2, 0) is 10.0 Å². The number of carbonyl (C=O) groups is 1. The Kier molecular flexibility index (Phi) is 5.44. The first-order valence-corrected chi connectivity index (χ1v) is 8.96. The molecular weight excluding hydrogens is 347 g/mol. The van der Waals surface area contributed by atoms with E-state index in [-0.39, 0.29) is 16.2 Å². The van der Waals surface area contributed by atoms with Gasteiger partial charge in [0.15, 0.2) is 11.6 Å². The fourth-order valence-corrected chi connectivity index (χ4v) is 3.17. The fourth-order valence-electron chi connectivity index (χ4n) is 2.36. The van der Waals surface area contributed by atoms with Crippen LogP contribution in [0.25, 0.3) is 0 Å². The minimum atomic E-state index is -3.93. The fraction of sp³-hybridized carbons (Fsp3) is 0.235. The van der Waals surface area contributed by atoms with Crippen molar-refractivity contribution in [3.8, 4) is 5.75 Å². The van der Waals surface area contributed by atoms with Crippen LogP contribution in [0.2, 0.25) is 0 Å². The molecule has 0 spiro atoms. The summed E-state index contributed by atoms with van der Waals surface area (Å²) in [6.45, 7) is 3.28. The van der Waals surface area contributed by atoms with E-state index >= 15 is 0 Å². The highest BCUT2D eigenvalue weighted by atomic mass is 32.2. The van der Waals surface area contributed by atoms with Gasteiger partial charge in [-0.05, 0) is 49.2 Å². The van der Waals surface area contributed by atoms with Crippen LogP contribution in [0.5, 0.6) is 5.75 Å². The van der Waals surface area contributed by atoms with E-state index < -0.39 is 27.8 Å². The zero-order chi connectivity index (χ0) is 18.8. The highest BCUT2D eigenvalue weighted by Gasteiger charge is 2.17. The van der Waals surface area contributed by atoms with Crippen molar-refractivity contribution in [2.45, 2.75) is 24.8 Å². The zero-order valence-corrected chi connectivity index (χ0v) is 14.9. The van der Waals surface area contributed by atoms with Gasteiger partial charge in [0.25, 0.3) is 5.91 Å². The number of rotatable bonds is 5. The predicted octanol–water partition coefficient (Wildman–Crippen LogP) is 2.28. The van der Waals surface area contributed by atoms with E-state index in [1.54, 1.807) is 19.9 Å². The second-order valence-corrected chi connectivity index (χ2v) is 7.14. The number of benzene rings is 2. The topological polar surface area (TPSA) is 98.5 Å². The van der Waals surface area contributed by atoms with Crippen LogP contribution in [0, 0.1) is 12.7 Å². The van der Waals surface area contributed by atoms with Gasteiger partial charge in [-0.1, -0.05) is 12.1 Å². The molecule has 2 aromatic rings. The summed E-state index contributed by atoms with van der Waals surface area (Å²) in [6, 6.07) is 8.12. The molecule has 0 aliphatic rings. The number of amides is 1. The Balaban J connectivity index is 2.23. The quantitative estimate of drug-likeness (QED) is 0.848. The van der Waals surface area contributed by atoms with Crippen LogP contribution in [0.3, 0.4) is 0 Å². The Morgan fingerprint density at radius 1 is 1.24 bits per heavy atom.